The number of aromatic nitrogens is 1. The number of nitrogens with one attached hydrogen (secondary N) is 1. The lowest BCUT2D eigenvalue weighted by Gasteiger charge is -2.34. The molecule has 4 aromatic rings. The zero-order chi connectivity index (χ0) is 28.8. The van der Waals surface area contributed by atoms with Crippen LogP contribution in [0.25, 0.3) is 11.3 Å². The van der Waals surface area contributed by atoms with Gasteiger partial charge < -0.3 is 15.5 Å². The Kier molecular flexibility index (Phi) is 7.53. The molecule has 1 fully saturated rings. The number of nitrogens with zero attached hydrogens (tertiary/aromatic N) is 3. The highest BCUT2D eigenvalue weighted by molar-refractivity contribution is 7.80. The molecule has 3 aromatic carbocycles. The van der Waals surface area contributed by atoms with Crippen molar-refractivity contribution in [2.45, 2.75) is 25.4 Å². The maximum Gasteiger partial charge on any atom is 0.416 e. The molecule has 0 radical (unpaired) electrons. The van der Waals surface area contributed by atoms with Gasteiger partial charge in [-0.25, -0.2) is 4.98 Å². The molecule has 1 unspecified atom stereocenters. The Morgan fingerprint density at radius 1 is 1.07 bits per heavy atom. The Morgan fingerprint density at radius 3 is 2.25 bits per heavy atom. The first kappa shape index (κ1) is 28.3. The first-order valence-electron chi connectivity index (χ1n) is 11.6. The van der Waals surface area contributed by atoms with Crippen molar-refractivity contribution < 1.29 is 23.4 Å². The number of thiazole rings is 1. The molecule has 0 saturated carbocycles. The van der Waals surface area contributed by atoms with Crippen LogP contribution in [0.5, 0.6) is 5.75 Å². The summed E-state index contributed by atoms with van der Waals surface area (Å²) in [5.74, 6) is -0.289. The van der Waals surface area contributed by atoms with Gasteiger partial charge in [0.25, 0.3) is 0 Å². The van der Waals surface area contributed by atoms with E-state index in [1.807, 2.05) is 12.3 Å². The highest BCUT2D eigenvalue weighted by Gasteiger charge is 2.50. The summed E-state index contributed by atoms with van der Waals surface area (Å²) in [6.45, 7) is 1.86. The van der Waals surface area contributed by atoms with Crippen LogP contribution in [0.15, 0.2) is 71.0 Å². The predicted octanol–water partition coefficient (Wildman–Crippen LogP) is 7.29. The Labute approximate surface area is 246 Å². The zero-order valence-corrected chi connectivity index (χ0v) is 23.6. The molecule has 5 rings (SSSR count). The molecule has 40 heavy (non-hydrogen) atoms. The number of rotatable bonds is 5. The van der Waals surface area contributed by atoms with E-state index in [0.29, 0.717) is 11.1 Å². The van der Waals surface area contributed by atoms with Crippen molar-refractivity contribution in [1.29, 1.82) is 0 Å². The molecule has 1 aliphatic rings. The summed E-state index contributed by atoms with van der Waals surface area (Å²) in [5.41, 5.74) is -0.0126. The van der Waals surface area contributed by atoms with Gasteiger partial charge >= 0.3 is 6.18 Å². The van der Waals surface area contributed by atoms with Gasteiger partial charge in [-0.1, -0.05) is 59.6 Å². The standard InChI is InChI=1S/C27H19Cl2F3N4O2S2/c1-14-34-22(13-40-14)16-4-8-17(9-5-16)26(38)24(33-12-15-2-6-18(7-3-15)27(30,31)32)35-25(39)36(26)19-10-20(28)23(37)21(29)11-19/h2-11,13,37-38H,12H2,1H3,(H,33,35,39). The van der Waals surface area contributed by atoms with Crippen LogP contribution in [0.2, 0.25) is 10.0 Å². The van der Waals surface area contributed by atoms with E-state index in [2.05, 4.69) is 15.3 Å². The average Bonchev–Trinajstić information content (AvgIpc) is 3.46. The molecule has 1 aromatic heterocycles. The summed E-state index contributed by atoms with van der Waals surface area (Å²) in [6, 6.07) is 14.4. The number of aromatic hydroxyl groups is 1. The average molecular weight is 624 g/mol. The number of aryl methyl sites for hydroxylation is 1. The minimum Gasteiger partial charge on any atom is -0.505 e. The van der Waals surface area contributed by atoms with E-state index in [1.54, 1.807) is 24.3 Å². The number of benzene rings is 3. The number of hydrogen-bond donors (Lipinski definition) is 3. The minimum absolute atomic E-state index is 0.0370. The second-order valence-corrected chi connectivity index (χ2v) is 11.1. The fourth-order valence-corrected chi connectivity index (χ4v) is 5.67. The van der Waals surface area contributed by atoms with E-state index >= 15 is 0 Å². The fraction of sp³-hybridized carbons (Fsp3) is 0.148. The maximum absolute atomic E-state index is 13.0. The number of aliphatic imine (C=N–C) groups is 1. The number of amidine groups is 1. The van der Waals surface area contributed by atoms with Crippen molar-refractivity contribution in [2.75, 3.05) is 4.90 Å². The summed E-state index contributed by atoms with van der Waals surface area (Å²) in [4.78, 5) is 10.4. The van der Waals surface area contributed by atoms with Gasteiger partial charge in [0.2, 0.25) is 5.72 Å². The summed E-state index contributed by atoms with van der Waals surface area (Å²) in [7, 11) is 0. The molecular weight excluding hydrogens is 604 g/mol. The molecule has 206 valence electrons. The molecule has 6 nitrogen and oxygen atoms in total. The number of phenolic OH excluding ortho intramolecular Hbond substituents is 1. The van der Waals surface area contributed by atoms with Gasteiger partial charge in [-0.2, -0.15) is 13.2 Å². The van der Waals surface area contributed by atoms with Crippen LogP contribution in [0.4, 0.5) is 18.9 Å². The Morgan fingerprint density at radius 2 is 1.70 bits per heavy atom. The second kappa shape index (κ2) is 10.6. The van der Waals surface area contributed by atoms with Crippen LogP contribution in [0, 0.1) is 6.92 Å². The van der Waals surface area contributed by atoms with Gasteiger partial charge in [0.05, 0.1) is 38.5 Å². The SMILES string of the molecule is Cc1nc(-c2ccc(C3(O)C(=NCc4ccc(C(F)(F)F)cc4)NC(=S)N3c3cc(Cl)c(O)c(Cl)c3)cc2)cs1. The fourth-order valence-electron chi connectivity index (χ4n) is 4.24. The summed E-state index contributed by atoms with van der Waals surface area (Å²) in [5, 5.41) is 28.1. The van der Waals surface area contributed by atoms with Crippen LogP contribution in [0.3, 0.4) is 0 Å². The number of anilines is 1. The number of aliphatic hydroxyl groups is 1. The summed E-state index contributed by atoms with van der Waals surface area (Å²) >= 11 is 19.4. The van der Waals surface area contributed by atoms with Crippen LogP contribution in [-0.4, -0.2) is 26.1 Å². The van der Waals surface area contributed by atoms with Gasteiger partial charge in [-0.3, -0.25) is 9.89 Å². The Bertz CT molecular complexity index is 1600. The highest BCUT2D eigenvalue weighted by Crippen LogP contribution is 2.42. The molecule has 1 atom stereocenters. The van der Waals surface area contributed by atoms with Crippen molar-refractivity contribution in [2.24, 2.45) is 4.99 Å². The number of thiocarbonyl (C=S) groups is 1. The summed E-state index contributed by atoms with van der Waals surface area (Å²) in [6.07, 6.45) is -4.46. The molecule has 1 aliphatic heterocycles. The topological polar surface area (TPSA) is 81.0 Å². The first-order valence-corrected chi connectivity index (χ1v) is 13.7. The number of alkyl halides is 3. The summed E-state index contributed by atoms with van der Waals surface area (Å²) < 4.78 is 38.9. The van der Waals surface area contributed by atoms with E-state index < -0.39 is 17.5 Å². The number of hydrogen-bond acceptors (Lipinski definition) is 6. The van der Waals surface area contributed by atoms with E-state index in [1.165, 1.54) is 40.5 Å². The zero-order valence-electron chi connectivity index (χ0n) is 20.5. The molecule has 0 bridgehead atoms. The lowest BCUT2D eigenvalue weighted by molar-refractivity contribution is -0.137. The molecular formula is C27H19Cl2F3N4O2S2. The third-order valence-electron chi connectivity index (χ3n) is 6.25. The van der Waals surface area contributed by atoms with Crippen molar-refractivity contribution in [3.63, 3.8) is 0 Å². The normalized spacial score (nSPS) is 18.4. The Hall–Kier alpha value is -3.22. The minimum atomic E-state index is -4.46. The first-order chi connectivity index (χ1) is 18.9. The molecule has 13 heteroatoms. The highest BCUT2D eigenvalue weighted by atomic mass is 35.5. The smallest absolute Gasteiger partial charge is 0.416 e. The molecule has 0 aliphatic carbocycles. The van der Waals surface area contributed by atoms with E-state index in [4.69, 9.17) is 35.4 Å². The van der Waals surface area contributed by atoms with E-state index in [9.17, 15) is 23.4 Å². The van der Waals surface area contributed by atoms with Crippen molar-refractivity contribution in [3.05, 3.63) is 97.8 Å². The third kappa shape index (κ3) is 5.27. The van der Waals surface area contributed by atoms with E-state index in [0.717, 1.165) is 28.4 Å². The lowest BCUT2D eigenvalue weighted by atomic mass is 9.98. The molecule has 0 amide bonds. The molecule has 0 spiro atoms. The molecule has 2 heterocycles. The predicted molar refractivity (Wildman–Crippen MR) is 155 cm³/mol. The van der Waals surface area contributed by atoms with Crippen LogP contribution in [0.1, 0.15) is 21.7 Å². The number of halogens is 5. The van der Waals surface area contributed by atoms with Gasteiger partial charge in [0.1, 0.15) is 0 Å². The van der Waals surface area contributed by atoms with E-state index in [-0.39, 0.29) is 39.0 Å². The van der Waals surface area contributed by atoms with Gasteiger partial charge in [0.15, 0.2) is 16.7 Å². The van der Waals surface area contributed by atoms with Crippen LogP contribution < -0.4 is 10.2 Å². The molecule has 3 N–H and O–H groups in total. The van der Waals surface area contributed by atoms with Gasteiger partial charge in [-0.05, 0) is 49.0 Å². The second-order valence-electron chi connectivity index (χ2n) is 8.88. The van der Waals surface area contributed by atoms with Gasteiger partial charge in [-0.15, -0.1) is 11.3 Å². The van der Waals surface area contributed by atoms with Crippen molar-refractivity contribution >= 4 is 63.4 Å². The van der Waals surface area contributed by atoms with Gasteiger partial charge in [0, 0.05) is 16.5 Å². The third-order valence-corrected chi connectivity index (χ3v) is 7.88. The number of phenols is 1. The quantitative estimate of drug-likeness (QED) is 0.203. The van der Waals surface area contributed by atoms with Crippen molar-refractivity contribution in [1.82, 2.24) is 10.3 Å². The largest absolute Gasteiger partial charge is 0.505 e. The lowest BCUT2D eigenvalue weighted by Crippen LogP contribution is -2.47. The maximum atomic E-state index is 13.0. The van der Waals surface area contributed by atoms with Crippen molar-refractivity contribution in [3.8, 4) is 17.0 Å². The molecule has 1 saturated heterocycles. The Balaban J connectivity index is 1.57. The monoisotopic (exact) mass is 622 g/mol. The van der Waals surface area contributed by atoms with Crippen LogP contribution >= 0.6 is 46.8 Å². The van der Waals surface area contributed by atoms with Crippen LogP contribution in [-0.2, 0) is 18.4 Å².